The molecule has 2 aliphatic carbocycles. The molecule has 1 aromatic heterocycles. The summed E-state index contributed by atoms with van der Waals surface area (Å²) in [7, 11) is 1.56. The molecule has 3 heterocycles. The average molecular weight is 634 g/mol. The van der Waals surface area contributed by atoms with Gasteiger partial charge in [0.25, 0.3) is 0 Å². The zero-order valence-corrected chi connectivity index (χ0v) is 26.2. The molecule has 4 aliphatic rings. The number of hydrogen-bond acceptors (Lipinski definition) is 6. The van der Waals surface area contributed by atoms with Crippen LogP contribution in [0, 0.1) is 11.2 Å². The van der Waals surface area contributed by atoms with Crippen LogP contribution in [-0.4, -0.2) is 58.8 Å². The molecule has 3 atom stereocenters. The minimum Gasteiger partial charge on any atom is -0.387 e. The summed E-state index contributed by atoms with van der Waals surface area (Å²) in [4.78, 5) is 32.8. The number of amides is 2. The van der Waals surface area contributed by atoms with E-state index in [-0.39, 0.29) is 40.6 Å². The summed E-state index contributed by atoms with van der Waals surface area (Å²) in [6, 6.07) is 5.71. The number of fused-ring (bicyclic) bond motifs is 3. The van der Waals surface area contributed by atoms with Crippen LogP contribution < -0.4 is 16.0 Å². The first-order valence-corrected chi connectivity index (χ1v) is 15.8. The van der Waals surface area contributed by atoms with Crippen LogP contribution in [0.5, 0.6) is 0 Å². The monoisotopic (exact) mass is 632 g/mol. The Bertz CT molecular complexity index is 1440. The van der Waals surface area contributed by atoms with E-state index in [0.717, 1.165) is 12.8 Å². The number of methoxy groups -OCH3 is 1. The summed E-state index contributed by atoms with van der Waals surface area (Å²) in [5.41, 5.74) is -1.59. The summed E-state index contributed by atoms with van der Waals surface area (Å²) >= 11 is 12.6. The highest BCUT2D eigenvalue weighted by molar-refractivity contribution is 6.31. The predicted octanol–water partition coefficient (Wildman–Crippen LogP) is 5.25. The van der Waals surface area contributed by atoms with Gasteiger partial charge in [0.1, 0.15) is 5.41 Å². The molecule has 11 heteroatoms. The summed E-state index contributed by atoms with van der Waals surface area (Å²) in [5.74, 6) is -2.26. The van der Waals surface area contributed by atoms with Gasteiger partial charge in [-0.2, -0.15) is 0 Å². The number of anilines is 1. The lowest BCUT2D eigenvalue weighted by atomic mass is 9.53. The van der Waals surface area contributed by atoms with Crippen molar-refractivity contribution >= 4 is 40.7 Å². The van der Waals surface area contributed by atoms with E-state index in [0.29, 0.717) is 54.8 Å². The SMILES string of the molecule is COC[C@]1(O)CC[C@@H](NC(=O)[C@@H]2NC3(CCC(C)(C)CC3)[C@@]3(C(=O)Nc4cc(Cl)ccc43)[C@H]2c2ccnc(Cl)c2F)CC1. The summed E-state index contributed by atoms with van der Waals surface area (Å²) in [5, 5.41) is 20.9. The lowest BCUT2D eigenvalue weighted by Gasteiger charge is -2.50. The maximum absolute atomic E-state index is 16.0. The average Bonchev–Trinajstić information content (AvgIpc) is 3.41. The van der Waals surface area contributed by atoms with Crippen LogP contribution in [0.3, 0.4) is 0 Å². The molecule has 2 aromatic rings. The minimum absolute atomic E-state index is 0.0498. The van der Waals surface area contributed by atoms with Gasteiger partial charge >= 0.3 is 0 Å². The maximum Gasteiger partial charge on any atom is 0.238 e. The zero-order valence-electron chi connectivity index (χ0n) is 24.7. The molecule has 2 saturated carbocycles. The Morgan fingerprint density at radius 1 is 1.14 bits per heavy atom. The molecule has 2 amide bonds. The lowest BCUT2D eigenvalue weighted by molar-refractivity contribution is -0.125. The number of benzene rings is 1. The highest BCUT2D eigenvalue weighted by Gasteiger charge is 2.73. The van der Waals surface area contributed by atoms with E-state index in [1.807, 2.05) is 6.07 Å². The molecule has 0 bridgehead atoms. The van der Waals surface area contributed by atoms with E-state index in [2.05, 4.69) is 34.8 Å². The summed E-state index contributed by atoms with van der Waals surface area (Å²) in [6.45, 7) is 4.66. The quantitative estimate of drug-likeness (QED) is 0.335. The van der Waals surface area contributed by atoms with Crippen LogP contribution in [0.1, 0.15) is 82.3 Å². The molecule has 2 spiro atoms. The molecule has 8 nitrogen and oxygen atoms in total. The van der Waals surface area contributed by atoms with E-state index in [1.54, 1.807) is 19.2 Å². The third kappa shape index (κ3) is 4.96. The van der Waals surface area contributed by atoms with Gasteiger partial charge in [-0.1, -0.05) is 43.1 Å². The molecule has 43 heavy (non-hydrogen) atoms. The fraction of sp³-hybridized carbons (Fsp3) is 0.594. The number of nitrogens with one attached hydrogen (secondary N) is 3. The molecular formula is C32H39Cl2FN4O4. The van der Waals surface area contributed by atoms with Crippen molar-refractivity contribution in [1.29, 1.82) is 0 Å². The normalized spacial score (nSPS) is 32.5. The number of hydrogen-bond donors (Lipinski definition) is 4. The van der Waals surface area contributed by atoms with Crippen molar-refractivity contribution in [3.05, 3.63) is 57.6 Å². The number of aromatic nitrogens is 1. The molecule has 232 valence electrons. The third-order valence-electron chi connectivity index (χ3n) is 10.6. The number of aliphatic hydroxyl groups is 1. The Hall–Kier alpha value is -2.30. The number of ether oxygens (including phenoxy) is 1. The molecule has 1 aromatic carbocycles. The highest BCUT2D eigenvalue weighted by Crippen LogP contribution is 2.64. The van der Waals surface area contributed by atoms with Crippen molar-refractivity contribution in [2.75, 3.05) is 19.0 Å². The molecule has 2 aliphatic heterocycles. The second kappa shape index (κ2) is 10.9. The maximum atomic E-state index is 16.0. The first-order chi connectivity index (χ1) is 20.3. The van der Waals surface area contributed by atoms with E-state index in [4.69, 9.17) is 27.9 Å². The van der Waals surface area contributed by atoms with E-state index < -0.39 is 34.3 Å². The van der Waals surface area contributed by atoms with Gasteiger partial charge in [-0.3, -0.25) is 14.9 Å². The van der Waals surface area contributed by atoms with Crippen molar-refractivity contribution in [1.82, 2.24) is 15.6 Å². The number of pyridine rings is 1. The first kappa shape index (κ1) is 30.7. The Labute approximate surface area is 261 Å². The second-order valence-corrected chi connectivity index (χ2v) is 14.5. The Morgan fingerprint density at radius 3 is 2.51 bits per heavy atom. The number of halogens is 3. The Morgan fingerprint density at radius 2 is 1.84 bits per heavy atom. The van der Waals surface area contributed by atoms with E-state index in [1.165, 1.54) is 12.3 Å². The fourth-order valence-electron chi connectivity index (χ4n) is 8.33. The van der Waals surface area contributed by atoms with Crippen molar-refractivity contribution < 1.29 is 23.8 Å². The molecule has 0 radical (unpaired) electrons. The second-order valence-electron chi connectivity index (χ2n) is 13.7. The number of carbonyl (C=O) groups is 2. The molecule has 0 unspecified atom stereocenters. The lowest BCUT2D eigenvalue weighted by Crippen LogP contribution is -2.61. The third-order valence-corrected chi connectivity index (χ3v) is 11.1. The molecule has 6 rings (SSSR count). The summed E-state index contributed by atoms with van der Waals surface area (Å²) in [6.07, 6.45) is 6.41. The fourth-order valence-corrected chi connectivity index (χ4v) is 8.67. The van der Waals surface area contributed by atoms with Crippen LogP contribution >= 0.6 is 23.2 Å². The number of nitrogens with zero attached hydrogens (tertiary/aromatic N) is 1. The minimum atomic E-state index is -1.32. The smallest absolute Gasteiger partial charge is 0.238 e. The van der Waals surface area contributed by atoms with Gasteiger partial charge in [0, 0.05) is 41.5 Å². The van der Waals surface area contributed by atoms with Crippen molar-refractivity contribution in [3.8, 4) is 0 Å². The predicted molar refractivity (Wildman–Crippen MR) is 163 cm³/mol. The van der Waals surface area contributed by atoms with Gasteiger partial charge in [-0.25, -0.2) is 9.37 Å². The van der Waals surface area contributed by atoms with Crippen LogP contribution in [0.2, 0.25) is 10.2 Å². The molecule has 1 saturated heterocycles. The number of rotatable bonds is 5. The standard InChI is InChI=1S/C32H39Cl2FN4O4/c1-29(2)11-13-31(14-12-29)32(21-5-4-18(33)16-22(21)38-28(32)41)23(20-8-15-36-26(34)24(20)35)25(39-31)27(40)37-19-6-9-30(42,10-7-19)17-43-3/h4-5,8,15-16,19,23,25,39,42H,6-7,9-14,17H2,1-3H3,(H,37,40)(H,38,41)/t19-,23-,25+,30+,32+/m0/s1. The Kier molecular flexibility index (Phi) is 7.82. The van der Waals surface area contributed by atoms with Crippen molar-refractivity contribution in [2.45, 2.75) is 99.8 Å². The topological polar surface area (TPSA) is 113 Å². The summed E-state index contributed by atoms with van der Waals surface area (Å²) < 4.78 is 21.2. The van der Waals surface area contributed by atoms with Gasteiger partial charge in [0.05, 0.1) is 18.2 Å². The van der Waals surface area contributed by atoms with Gasteiger partial charge in [-0.05, 0) is 86.1 Å². The van der Waals surface area contributed by atoms with Gasteiger partial charge < -0.3 is 20.5 Å². The van der Waals surface area contributed by atoms with Crippen LogP contribution in [0.4, 0.5) is 10.1 Å². The van der Waals surface area contributed by atoms with E-state index >= 15 is 4.39 Å². The van der Waals surface area contributed by atoms with Gasteiger partial charge in [0.2, 0.25) is 11.8 Å². The van der Waals surface area contributed by atoms with Crippen molar-refractivity contribution in [2.24, 2.45) is 5.41 Å². The van der Waals surface area contributed by atoms with E-state index in [9.17, 15) is 14.7 Å². The zero-order chi connectivity index (χ0) is 30.8. The van der Waals surface area contributed by atoms with Crippen LogP contribution in [0.25, 0.3) is 0 Å². The molecule has 3 fully saturated rings. The number of carbonyl (C=O) groups excluding carboxylic acids is 2. The van der Waals surface area contributed by atoms with Crippen LogP contribution in [-0.2, 0) is 19.7 Å². The van der Waals surface area contributed by atoms with Gasteiger partial charge in [0.15, 0.2) is 11.0 Å². The largest absolute Gasteiger partial charge is 0.387 e. The van der Waals surface area contributed by atoms with Crippen molar-refractivity contribution in [3.63, 3.8) is 0 Å². The molecular weight excluding hydrogens is 594 g/mol. The van der Waals surface area contributed by atoms with Gasteiger partial charge in [-0.15, -0.1) is 0 Å². The van der Waals surface area contributed by atoms with Crippen LogP contribution in [0.15, 0.2) is 30.5 Å². The molecule has 4 N–H and O–H groups in total. The Balaban J connectivity index is 1.47. The first-order valence-electron chi connectivity index (χ1n) is 15.1. The highest BCUT2D eigenvalue weighted by atomic mass is 35.5.